The molecule has 6 rings (SSSR count). The molecule has 0 spiro atoms. The van der Waals surface area contributed by atoms with Crippen molar-refractivity contribution in [2.24, 2.45) is 58.7 Å². The second kappa shape index (κ2) is 12.5. The summed E-state index contributed by atoms with van der Waals surface area (Å²) in [7, 11) is -1.49. The molecule has 0 N–H and O–H groups in total. The lowest BCUT2D eigenvalue weighted by molar-refractivity contribution is 0.0925. The Kier molecular flexibility index (Phi) is 9.39. The fourth-order valence-corrected chi connectivity index (χ4v) is 21.4. The summed E-state index contributed by atoms with van der Waals surface area (Å²) >= 11 is 0. The first-order valence-electron chi connectivity index (χ1n) is 19.0. The molecule has 11 atom stereocenters. The average molecular weight is 565 g/mol. The van der Waals surface area contributed by atoms with Crippen molar-refractivity contribution in [2.75, 3.05) is 0 Å². The Balaban J connectivity index is 1.36. The van der Waals surface area contributed by atoms with Crippen LogP contribution in [0.15, 0.2) is 12.7 Å². The normalized spacial score (nSPS) is 44.6. The van der Waals surface area contributed by atoms with Crippen LogP contribution in [0.25, 0.3) is 0 Å². The molecular formula is C39H68Si. The van der Waals surface area contributed by atoms with Gasteiger partial charge in [0, 0.05) is 0 Å². The lowest BCUT2D eigenvalue weighted by Crippen LogP contribution is -2.50. The minimum atomic E-state index is -1.49. The Hall–Kier alpha value is -0.0431. The highest BCUT2D eigenvalue weighted by Gasteiger charge is 2.65. The fraction of sp³-hybridized carbons (Fsp3) is 0.949. The molecule has 6 fully saturated rings. The molecule has 0 aromatic rings. The molecule has 0 saturated heterocycles. The van der Waals surface area contributed by atoms with Crippen LogP contribution in [0, 0.1) is 58.7 Å². The highest BCUT2D eigenvalue weighted by atomic mass is 28.3. The Morgan fingerprint density at radius 2 is 1.02 bits per heavy atom. The summed E-state index contributed by atoms with van der Waals surface area (Å²) in [5, 5.41) is 0. The predicted octanol–water partition coefficient (Wildman–Crippen LogP) is 12.5. The smallest absolute Gasteiger partial charge is 0.0578 e. The Morgan fingerprint density at radius 1 is 0.575 bits per heavy atom. The van der Waals surface area contributed by atoms with Gasteiger partial charge in [-0.25, -0.2) is 0 Å². The quantitative estimate of drug-likeness (QED) is 0.148. The standard InChI is InChI=1S/C39H68Si/c1-6-7-8-9-10-17-26-40(5,37-33-21-14-11-18-29(33)30-19-12-15-22-34(30)37)38-35-23-16-13-20-31(35)32-25-24-28(27-36(32)38)39(2,3)4/h6,28-38H,1,7-27H2,2-5H3. The van der Waals surface area contributed by atoms with Gasteiger partial charge in [-0.2, -0.15) is 0 Å². The van der Waals surface area contributed by atoms with Gasteiger partial charge in [0.15, 0.2) is 0 Å². The molecule has 0 heterocycles. The van der Waals surface area contributed by atoms with Crippen molar-refractivity contribution < 1.29 is 0 Å². The van der Waals surface area contributed by atoms with Crippen LogP contribution in [0.4, 0.5) is 0 Å². The van der Waals surface area contributed by atoms with Gasteiger partial charge in [-0.1, -0.05) is 116 Å². The molecule has 11 unspecified atom stereocenters. The van der Waals surface area contributed by atoms with Crippen molar-refractivity contribution in [1.29, 1.82) is 0 Å². The second-order valence-corrected chi connectivity index (χ2v) is 22.7. The van der Waals surface area contributed by atoms with Crippen LogP contribution in [0.2, 0.25) is 23.7 Å². The summed E-state index contributed by atoms with van der Waals surface area (Å²) in [5.74, 6) is 9.99. The predicted molar refractivity (Wildman–Crippen MR) is 177 cm³/mol. The number of fused-ring (bicyclic) bond motifs is 6. The molecule has 0 aromatic heterocycles. The molecule has 6 saturated carbocycles. The van der Waals surface area contributed by atoms with Crippen molar-refractivity contribution in [1.82, 2.24) is 0 Å². The van der Waals surface area contributed by atoms with Gasteiger partial charge in [0.1, 0.15) is 0 Å². The molecule has 6 aliphatic rings. The lowest BCUT2D eigenvalue weighted by atomic mass is 9.64. The molecule has 6 aliphatic carbocycles. The van der Waals surface area contributed by atoms with Gasteiger partial charge in [0.2, 0.25) is 0 Å². The van der Waals surface area contributed by atoms with Crippen LogP contribution < -0.4 is 0 Å². The van der Waals surface area contributed by atoms with Gasteiger partial charge < -0.3 is 0 Å². The summed E-state index contributed by atoms with van der Waals surface area (Å²) in [4.78, 5) is 0. The van der Waals surface area contributed by atoms with Crippen LogP contribution in [-0.4, -0.2) is 8.07 Å². The summed E-state index contributed by atoms with van der Waals surface area (Å²) < 4.78 is 0. The zero-order chi connectivity index (χ0) is 27.9. The van der Waals surface area contributed by atoms with E-state index in [-0.39, 0.29) is 0 Å². The first-order chi connectivity index (χ1) is 19.3. The zero-order valence-corrected chi connectivity index (χ0v) is 28.5. The van der Waals surface area contributed by atoms with E-state index in [1.54, 1.807) is 109 Å². The van der Waals surface area contributed by atoms with Crippen molar-refractivity contribution in [3.8, 4) is 0 Å². The fourth-order valence-electron chi connectivity index (χ4n) is 13.8. The lowest BCUT2D eigenvalue weighted by Gasteiger charge is -2.52. The third-order valence-electron chi connectivity index (χ3n) is 15.1. The first kappa shape index (κ1) is 30.0. The van der Waals surface area contributed by atoms with Crippen LogP contribution in [-0.2, 0) is 0 Å². The molecule has 0 radical (unpaired) electrons. The molecule has 0 amide bonds. The third kappa shape index (κ3) is 5.51. The van der Waals surface area contributed by atoms with Crippen LogP contribution in [0.5, 0.6) is 0 Å². The first-order valence-corrected chi connectivity index (χ1v) is 21.8. The van der Waals surface area contributed by atoms with E-state index in [9.17, 15) is 0 Å². The van der Waals surface area contributed by atoms with Crippen LogP contribution in [0.1, 0.15) is 149 Å². The number of hydrogen-bond acceptors (Lipinski definition) is 0. The summed E-state index contributed by atoms with van der Waals surface area (Å²) in [6.45, 7) is 14.9. The Morgan fingerprint density at radius 3 is 1.52 bits per heavy atom. The molecule has 40 heavy (non-hydrogen) atoms. The average Bonchev–Trinajstić information content (AvgIpc) is 3.48. The second-order valence-electron chi connectivity index (χ2n) is 17.8. The van der Waals surface area contributed by atoms with Crippen molar-refractivity contribution in [2.45, 2.75) is 173 Å². The van der Waals surface area contributed by atoms with Gasteiger partial charge in [-0.05, 0) is 121 Å². The summed E-state index contributed by atoms with van der Waals surface area (Å²) in [5.41, 5.74) is 2.87. The Bertz CT molecular complexity index is 816. The number of allylic oxidation sites excluding steroid dienone is 1. The molecule has 0 nitrogen and oxygen atoms in total. The van der Waals surface area contributed by atoms with E-state index in [4.69, 9.17) is 0 Å². The maximum atomic E-state index is 4.01. The largest absolute Gasteiger partial charge is 0.103 e. The Labute approximate surface area is 251 Å². The minimum Gasteiger partial charge on any atom is -0.103 e. The highest BCUT2D eigenvalue weighted by Crippen LogP contribution is 2.71. The summed E-state index contributed by atoms with van der Waals surface area (Å²) in [6, 6.07) is 1.70. The van der Waals surface area contributed by atoms with E-state index in [0.29, 0.717) is 5.41 Å². The van der Waals surface area contributed by atoms with E-state index in [1.807, 2.05) is 0 Å². The van der Waals surface area contributed by atoms with Gasteiger partial charge >= 0.3 is 0 Å². The molecule has 0 aromatic carbocycles. The molecular weight excluding hydrogens is 497 g/mol. The van der Waals surface area contributed by atoms with Crippen LogP contribution >= 0.6 is 0 Å². The molecule has 228 valence electrons. The number of hydrogen-bond donors (Lipinski definition) is 0. The van der Waals surface area contributed by atoms with Gasteiger partial charge in [0.05, 0.1) is 8.07 Å². The van der Waals surface area contributed by atoms with Crippen molar-refractivity contribution >= 4 is 8.07 Å². The highest BCUT2D eigenvalue weighted by molar-refractivity contribution is 6.81. The molecule has 0 bridgehead atoms. The van der Waals surface area contributed by atoms with Gasteiger partial charge in [0.25, 0.3) is 0 Å². The van der Waals surface area contributed by atoms with E-state index < -0.39 is 8.07 Å². The van der Waals surface area contributed by atoms with Crippen molar-refractivity contribution in [3.05, 3.63) is 12.7 Å². The zero-order valence-electron chi connectivity index (χ0n) is 27.5. The van der Waals surface area contributed by atoms with Crippen molar-refractivity contribution in [3.63, 3.8) is 0 Å². The van der Waals surface area contributed by atoms with Gasteiger partial charge in [-0.15, -0.1) is 6.58 Å². The van der Waals surface area contributed by atoms with Crippen LogP contribution in [0.3, 0.4) is 0 Å². The van der Waals surface area contributed by atoms with E-state index in [0.717, 1.165) is 53.3 Å². The number of unbranched alkanes of at least 4 members (excludes halogenated alkanes) is 4. The number of rotatable bonds is 9. The van der Waals surface area contributed by atoms with E-state index >= 15 is 0 Å². The topological polar surface area (TPSA) is 0 Å². The maximum absolute atomic E-state index is 4.01. The molecule has 1 heteroatoms. The summed E-state index contributed by atoms with van der Waals surface area (Å²) in [6.07, 6.45) is 33.1. The monoisotopic (exact) mass is 565 g/mol. The molecule has 0 aliphatic heterocycles. The SMILES string of the molecule is C=CCCCCCC[Si](C)(C1C2CCCCC2C2CCCCC21)C1C2CCCCC2C2CCC(C(C)(C)C)CC21. The van der Waals surface area contributed by atoms with E-state index in [1.165, 1.54) is 36.8 Å². The minimum absolute atomic E-state index is 0.503. The third-order valence-corrected chi connectivity index (χ3v) is 21.3. The maximum Gasteiger partial charge on any atom is 0.0578 e. The van der Waals surface area contributed by atoms with E-state index in [2.05, 4.69) is 40.0 Å². The van der Waals surface area contributed by atoms with Gasteiger partial charge in [-0.3, -0.25) is 0 Å².